The van der Waals surface area contributed by atoms with Gasteiger partial charge < -0.3 is 0 Å². The number of isocyanates is 2. The van der Waals surface area contributed by atoms with Crippen LogP contribution in [0.4, 0.5) is 0 Å². The standard InChI is InChI=1S/C10H12N2O2/c13-7-11-5-9-2-1-3-10(4-9)6-12-8-14/h1-2,9-10H,3-6H2/t9-,10?/m1/s1. The number of allylic oxidation sites excluding steroid dienone is 1. The zero-order chi connectivity index (χ0) is 10.2. The van der Waals surface area contributed by atoms with E-state index in [1.165, 1.54) is 12.2 Å². The van der Waals surface area contributed by atoms with Crippen molar-refractivity contribution >= 4 is 12.2 Å². The summed E-state index contributed by atoms with van der Waals surface area (Å²) >= 11 is 0. The van der Waals surface area contributed by atoms with E-state index in [-0.39, 0.29) is 5.92 Å². The summed E-state index contributed by atoms with van der Waals surface area (Å²) in [6.45, 7) is 1.01. The molecule has 0 aromatic carbocycles. The summed E-state index contributed by atoms with van der Waals surface area (Å²) in [6, 6.07) is 0. The summed E-state index contributed by atoms with van der Waals surface area (Å²) in [7, 11) is 0. The molecule has 0 saturated carbocycles. The molecule has 14 heavy (non-hydrogen) atoms. The van der Waals surface area contributed by atoms with Crippen molar-refractivity contribution in [1.82, 2.24) is 0 Å². The fourth-order valence-corrected chi connectivity index (χ4v) is 1.67. The third kappa shape index (κ3) is 3.48. The Labute approximate surface area is 82.4 Å². The van der Waals surface area contributed by atoms with E-state index < -0.39 is 0 Å². The molecule has 0 heterocycles. The quantitative estimate of drug-likeness (QED) is 0.382. The van der Waals surface area contributed by atoms with Gasteiger partial charge in [0.25, 0.3) is 0 Å². The molecule has 4 nitrogen and oxygen atoms in total. The summed E-state index contributed by atoms with van der Waals surface area (Å²) in [5.41, 5.74) is 0. The van der Waals surface area contributed by atoms with E-state index >= 15 is 0 Å². The van der Waals surface area contributed by atoms with Crippen molar-refractivity contribution < 1.29 is 9.59 Å². The summed E-state index contributed by atoms with van der Waals surface area (Å²) in [6.07, 6.45) is 9.04. The van der Waals surface area contributed by atoms with Crippen LogP contribution in [0.3, 0.4) is 0 Å². The molecule has 0 fully saturated rings. The van der Waals surface area contributed by atoms with Crippen LogP contribution < -0.4 is 0 Å². The number of aliphatic imine (C=N–C) groups is 2. The molecule has 2 atom stereocenters. The minimum absolute atomic E-state index is 0.289. The topological polar surface area (TPSA) is 58.9 Å². The smallest absolute Gasteiger partial charge is 0.211 e. The Morgan fingerprint density at radius 1 is 1.21 bits per heavy atom. The van der Waals surface area contributed by atoms with Crippen LogP contribution in [0.15, 0.2) is 22.1 Å². The fraction of sp³-hybridized carbons (Fsp3) is 0.600. The first-order valence-corrected chi connectivity index (χ1v) is 4.60. The predicted octanol–water partition coefficient (Wildman–Crippen LogP) is 1.24. The van der Waals surface area contributed by atoms with Crippen LogP contribution in [0.25, 0.3) is 0 Å². The number of hydrogen-bond donors (Lipinski definition) is 0. The molecular formula is C10H12N2O2. The lowest BCUT2D eigenvalue weighted by Gasteiger charge is -2.21. The van der Waals surface area contributed by atoms with Crippen molar-refractivity contribution in [3.63, 3.8) is 0 Å². The molecule has 1 unspecified atom stereocenters. The molecule has 0 aromatic rings. The monoisotopic (exact) mass is 192 g/mol. The van der Waals surface area contributed by atoms with Gasteiger partial charge in [0.2, 0.25) is 12.2 Å². The fourth-order valence-electron chi connectivity index (χ4n) is 1.67. The molecule has 0 aliphatic heterocycles. The van der Waals surface area contributed by atoms with Crippen molar-refractivity contribution in [3.05, 3.63) is 12.2 Å². The van der Waals surface area contributed by atoms with Gasteiger partial charge in [-0.25, -0.2) is 19.6 Å². The maximum absolute atomic E-state index is 9.92. The third-order valence-electron chi connectivity index (χ3n) is 2.32. The van der Waals surface area contributed by atoms with Crippen LogP contribution in [0.5, 0.6) is 0 Å². The molecule has 1 rings (SSSR count). The van der Waals surface area contributed by atoms with E-state index in [0.717, 1.165) is 12.8 Å². The number of rotatable bonds is 4. The highest BCUT2D eigenvalue weighted by atomic mass is 16.1. The van der Waals surface area contributed by atoms with Gasteiger partial charge in [-0.1, -0.05) is 12.2 Å². The summed E-state index contributed by atoms with van der Waals surface area (Å²) in [5.74, 6) is 0.672. The summed E-state index contributed by atoms with van der Waals surface area (Å²) in [4.78, 5) is 26.9. The predicted molar refractivity (Wildman–Crippen MR) is 51.3 cm³/mol. The van der Waals surface area contributed by atoms with Gasteiger partial charge in [-0.05, 0) is 24.7 Å². The van der Waals surface area contributed by atoms with Crippen molar-refractivity contribution in [3.8, 4) is 0 Å². The molecule has 0 N–H and O–H groups in total. The highest BCUT2D eigenvalue weighted by molar-refractivity contribution is 5.33. The molecular weight excluding hydrogens is 180 g/mol. The molecule has 1 aliphatic rings. The largest absolute Gasteiger partial charge is 0.234 e. The number of hydrogen-bond acceptors (Lipinski definition) is 4. The second kappa shape index (κ2) is 6.03. The lowest BCUT2D eigenvalue weighted by molar-refractivity contribution is 0.410. The van der Waals surface area contributed by atoms with Gasteiger partial charge >= 0.3 is 0 Å². The van der Waals surface area contributed by atoms with Gasteiger partial charge in [-0.3, -0.25) is 0 Å². The lowest BCUT2D eigenvalue weighted by atomic mass is 9.87. The highest BCUT2D eigenvalue weighted by Gasteiger charge is 2.17. The van der Waals surface area contributed by atoms with Crippen LogP contribution in [0.1, 0.15) is 12.8 Å². The first-order chi connectivity index (χ1) is 6.86. The second-order valence-electron chi connectivity index (χ2n) is 3.39. The van der Waals surface area contributed by atoms with E-state index in [1.54, 1.807) is 0 Å². The Kier molecular flexibility index (Phi) is 4.56. The SMILES string of the molecule is O=C=NCC1CC=C[C@@H](CN=C=O)C1. The molecule has 4 heteroatoms. The third-order valence-corrected chi connectivity index (χ3v) is 2.32. The molecule has 0 spiro atoms. The maximum Gasteiger partial charge on any atom is 0.234 e. The summed E-state index contributed by atoms with van der Waals surface area (Å²) < 4.78 is 0. The molecule has 0 amide bonds. The van der Waals surface area contributed by atoms with Gasteiger partial charge in [-0.15, -0.1) is 0 Å². The molecule has 1 aliphatic carbocycles. The summed E-state index contributed by atoms with van der Waals surface area (Å²) in [5, 5.41) is 0. The van der Waals surface area contributed by atoms with Crippen molar-refractivity contribution in [2.24, 2.45) is 21.8 Å². The van der Waals surface area contributed by atoms with Crippen molar-refractivity contribution in [2.75, 3.05) is 13.1 Å². The van der Waals surface area contributed by atoms with Gasteiger partial charge in [0.1, 0.15) is 0 Å². The minimum atomic E-state index is 0.289. The van der Waals surface area contributed by atoms with Crippen LogP contribution in [-0.2, 0) is 9.59 Å². The van der Waals surface area contributed by atoms with E-state index in [0.29, 0.717) is 19.0 Å². The van der Waals surface area contributed by atoms with Crippen LogP contribution in [0, 0.1) is 11.8 Å². The molecule has 74 valence electrons. The first-order valence-electron chi connectivity index (χ1n) is 4.60. The molecule has 0 radical (unpaired) electrons. The Balaban J connectivity index is 2.42. The Bertz CT molecular complexity index is 299. The van der Waals surface area contributed by atoms with Crippen molar-refractivity contribution in [2.45, 2.75) is 12.8 Å². The van der Waals surface area contributed by atoms with Gasteiger partial charge in [0.15, 0.2) is 0 Å². The number of nitrogens with zero attached hydrogens (tertiary/aromatic N) is 2. The van der Waals surface area contributed by atoms with Crippen molar-refractivity contribution in [1.29, 1.82) is 0 Å². The van der Waals surface area contributed by atoms with Gasteiger partial charge in [0.05, 0.1) is 13.1 Å². The van der Waals surface area contributed by atoms with Gasteiger partial charge in [-0.2, -0.15) is 0 Å². The highest BCUT2D eigenvalue weighted by Crippen LogP contribution is 2.23. The first kappa shape index (κ1) is 10.6. The van der Waals surface area contributed by atoms with E-state index in [4.69, 9.17) is 0 Å². The normalized spacial score (nSPS) is 24.9. The average Bonchev–Trinajstić information content (AvgIpc) is 2.24. The molecule has 0 saturated heterocycles. The van der Waals surface area contributed by atoms with Crippen LogP contribution >= 0.6 is 0 Å². The van der Waals surface area contributed by atoms with E-state index in [2.05, 4.69) is 22.1 Å². The Morgan fingerprint density at radius 3 is 2.64 bits per heavy atom. The zero-order valence-electron chi connectivity index (χ0n) is 7.85. The maximum atomic E-state index is 9.92. The van der Waals surface area contributed by atoms with E-state index in [1.807, 2.05) is 0 Å². The lowest BCUT2D eigenvalue weighted by Crippen LogP contribution is -2.15. The zero-order valence-corrected chi connectivity index (χ0v) is 7.85. The Morgan fingerprint density at radius 2 is 1.93 bits per heavy atom. The van der Waals surface area contributed by atoms with Crippen LogP contribution in [0.2, 0.25) is 0 Å². The van der Waals surface area contributed by atoms with Crippen LogP contribution in [-0.4, -0.2) is 25.2 Å². The molecule has 0 aromatic heterocycles. The van der Waals surface area contributed by atoms with E-state index in [9.17, 15) is 9.59 Å². The van der Waals surface area contributed by atoms with Gasteiger partial charge in [0, 0.05) is 0 Å². The second-order valence-corrected chi connectivity index (χ2v) is 3.39. The Hall–Kier alpha value is -1.50. The minimum Gasteiger partial charge on any atom is -0.211 e. The number of carbonyl (C=O) groups excluding carboxylic acids is 2. The average molecular weight is 192 g/mol. The molecule has 0 bridgehead atoms.